The summed E-state index contributed by atoms with van der Waals surface area (Å²) in [5, 5.41) is 2.23. The lowest BCUT2D eigenvalue weighted by atomic mass is 10.1. The molecule has 0 saturated heterocycles. The van der Waals surface area contributed by atoms with Crippen molar-refractivity contribution in [1.82, 2.24) is 4.98 Å². The number of benzene rings is 1. The Hall–Kier alpha value is -1.62. The molecule has 0 atom stereocenters. The summed E-state index contributed by atoms with van der Waals surface area (Å²) in [6, 6.07) is 4.71. The molecule has 2 rings (SSSR count). The quantitative estimate of drug-likeness (QED) is 0.852. The summed E-state index contributed by atoms with van der Waals surface area (Å²) >= 11 is 1.31. The Morgan fingerprint density at radius 2 is 2.27 bits per heavy atom. The molecule has 0 fully saturated rings. The summed E-state index contributed by atoms with van der Waals surface area (Å²) in [6.45, 7) is 0. The minimum Gasteiger partial charge on any atom is -0.493 e. The largest absolute Gasteiger partial charge is 0.493 e. The van der Waals surface area contributed by atoms with Gasteiger partial charge in [0.2, 0.25) is 0 Å². The van der Waals surface area contributed by atoms with Gasteiger partial charge in [0.1, 0.15) is 0 Å². The van der Waals surface area contributed by atoms with E-state index in [0.29, 0.717) is 16.4 Å². The molecular weight excluding hydrogens is 215 g/mol. The molecule has 1 aromatic carbocycles. The first kappa shape index (κ1) is 9.92. The first-order chi connectivity index (χ1) is 7.22. The van der Waals surface area contributed by atoms with Crippen LogP contribution < -0.4 is 10.5 Å². The summed E-state index contributed by atoms with van der Waals surface area (Å²) in [5.74, 6) is -0.204. The van der Waals surface area contributed by atoms with Crippen LogP contribution in [0.5, 0.6) is 5.75 Å². The van der Waals surface area contributed by atoms with Gasteiger partial charge in [-0.15, -0.1) is 11.3 Å². The van der Waals surface area contributed by atoms with Crippen molar-refractivity contribution >= 4 is 16.5 Å². The number of nitrogen functional groups attached to an aromatic ring is 1. The molecule has 0 unspecified atom stereocenters. The SMILES string of the molecule is COc1c(F)cccc1-c1csc(N)n1. The van der Waals surface area contributed by atoms with Gasteiger partial charge in [-0.05, 0) is 12.1 Å². The molecule has 0 radical (unpaired) electrons. The first-order valence-corrected chi connectivity index (χ1v) is 5.14. The molecule has 1 aromatic heterocycles. The topological polar surface area (TPSA) is 48.1 Å². The molecule has 2 N–H and O–H groups in total. The van der Waals surface area contributed by atoms with Gasteiger partial charge in [-0.3, -0.25) is 0 Å². The number of para-hydroxylation sites is 1. The third kappa shape index (κ3) is 1.78. The van der Waals surface area contributed by atoms with Crippen LogP contribution in [0.1, 0.15) is 0 Å². The first-order valence-electron chi connectivity index (χ1n) is 4.26. The smallest absolute Gasteiger partial charge is 0.180 e. The van der Waals surface area contributed by atoms with E-state index in [2.05, 4.69) is 4.98 Å². The van der Waals surface area contributed by atoms with Gasteiger partial charge in [-0.25, -0.2) is 9.37 Å². The lowest BCUT2D eigenvalue weighted by molar-refractivity contribution is 0.388. The van der Waals surface area contributed by atoms with Crippen LogP contribution in [0.15, 0.2) is 23.6 Å². The zero-order chi connectivity index (χ0) is 10.8. The predicted molar refractivity (Wildman–Crippen MR) is 58.5 cm³/mol. The van der Waals surface area contributed by atoms with E-state index in [1.165, 1.54) is 24.5 Å². The predicted octanol–water partition coefficient (Wildman–Crippen LogP) is 2.54. The summed E-state index contributed by atoms with van der Waals surface area (Å²) < 4.78 is 18.4. The Balaban J connectivity index is 2.57. The Bertz CT molecular complexity index is 484. The van der Waals surface area contributed by atoms with Crippen LogP contribution in [-0.4, -0.2) is 12.1 Å². The molecule has 0 aliphatic carbocycles. The monoisotopic (exact) mass is 224 g/mol. The second-order valence-corrected chi connectivity index (χ2v) is 3.78. The maximum absolute atomic E-state index is 13.4. The molecule has 0 aliphatic rings. The van der Waals surface area contributed by atoms with Crippen LogP contribution in [0.3, 0.4) is 0 Å². The Morgan fingerprint density at radius 3 is 2.87 bits per heavy atom. The van der Waals surface area contributed by atoms with Gasteiger partial charge in [0.15, 0.2) is 16.7 Å². The van der Waals surface area contributed by atoms with E-state index >= 15 is 0 Å². The van der Waals surface area contributed by atoms with Gasteiger partial charge in [-0.1, -0.05) is 6.07 Å². The fraction of sp³-hybridized carbons (Fsp3) is 0.100. The van der Waals surface area contributed by atoms with Crippen molar-refractivity contribution in [2.24, 2.45) is 0 Å². The van der Waals surface area contributed by atoms with Gasteiger partial charge < -0.3 is 10.5 Å². The van der Waals surface area contributed by atoms with Crippen molar-refractivity contribution in [2.45, 2.75) is 0 Å². The number of halogens is 1. The number of rotatable bonds is 2. The Kier molecular flexibility index (Phi) is 2.55. The summed E-state index contributed by atoms with van der Waals surface area (Å²) in [5.41, 5.74) is 6.77. The molecule has 5 heteroatoms. The van der Waals surface area contributed by atoms with Gasteiger partial charge >= 0.3 is 0 Å². The molecule has 3 nitrogen and oxygen atoms in total. The van der Waals surface area contributed by atoms with E-state index in [4.69, 9.17) is 10.5 Å². The number of aromatic nitrogens is 1. The number of nitrogens with two attached hydrogens (primary N) is 1. The zero-order valence-electron chi connectivity index (χ0n) is 8.03. The van der Waals surface area contributed by atoms with Crippen molar-refractivity contribution in [1.29, 1.82) is 0 Å². The van der Waals surface area contributed by atoms with Crippen molar-refractivity contribution < 1.29 is 9.13 Å². The standard InChI is InChI=1S/C10H9FN2OS/c1-14-9-6(3-2-4-7(9)11)8-5-15-10(12)13-8/h2-5H,1H3,(H2,12,13). The number of ether oxygens (including phenoxy) is 1. The van der Waals surface area contributed by atoms with Gasteiger partial charge in [0, 0.05) is 10.9 Å². The number of nitrogens with zero attached hydrogens (tertiary/aromatic N) is 1. The van der Waals surface area contributed by atoms with Gasteiger partial charge in [0.05, 0.1) is 12.8 Å². The molecule has 1 heterocycles. The van der Waals surface area contributed by atoms with Crippen LogP contribution >= 0.6 is 11.3 Å². The normalized spacial score (nSPS) is 10.3. The molecule has 2 aromatic rings. The van der Waals surface area contributed by atoms with Crippen molar-refractivity contribution in [3.63, 3.8) is 0 Å². The Morgan fingerprint density at radius 1 is 1.47 bits per heavy atom. The maximum Gasteiger partial charge on any atom is 0.180 e. The molecule has 0 saturated carbocycles. The maximum atomic E-state index is 13.4. The second kappa shape index (κ2) is 3.86. The van der Waals surface area contributed by atoms with Gasteiger partial charge in [0.25, 0.3) is 0 Å². The third-order valence-electron chi connectivity index (χ3n) is 1.97. The van der Waals surface area contributed by atoms with Gasteiger partial charge in [-0.2, -0.15) is 0 Å². The average molecular weight is 224 g/mol. The highest BCUT2D eigenvalue weighted by molar-refractivity contribution is 7.13. The van der Waals surface area contributed by atoms with Crippen LogP contribution in [0, 0.1) is 5.82 Å². The Labute approximate surface area is 90.3 Å². The third-order valence-corrected chi connectivity index (χ3v) is 2.64. The average Bonchev–Trinajstić information content (AvgIpc) is 2.64. The van der Waals surface area contributed by atoms with Crippen LogP contribution in [0.4, 0.5) is 9.52 Å². The number of hydrogen-bond acceptors (Lipinski definition) is 4. The highest BCUT2D eigenvalue weighted by atomic mass is 32.1. The van der Waals surface area contributed by atoms with Crippen LogP contribution in [-0.2, 0) is 0 Å². The number of anilines is 1. The van der Waals surface area contributed by atoms with E-state index in [1.807, 2.05) is 0 Å². The minimum absolute atomic E-state index is 0.197. The zero-order valence-corrected chi connectivity index (χ0v) is 8.84. The number of hydrogen-bond donors (Lipinski definition) is 1. The number of thiazole rings is 1. The van der Waals surface area contributed by atoms with Crippen molar-refractivity contribution in [2.75, 3.05) is 12.8 Å². The summed E-state index contributed by atoms with van der Waals surface area (Å²) in [6.07, 6.45) is 0. The van der Waals surface area contributed by atoms with E-state index in [1.54, 1.807) is 17.5 Å². The fourth-order valence-electron chi connectivity index (χ4n) is 1.33. The summed E-state index contributed by atoms with van der Waals surface area (Å²) in [7, 11) is 1.43. The van der Waals surface area contributed by atoms with E-state index in [9.17, 15) is 4.39 Å². The lowest BCUT2D eigenvalue weighted by Crippen LogP contribution is -1.92. The van der Waals surface area contributed by atoms with E-state index in [0.717, 1.165) is 0 Å². The van der Waals surface area contributed by atoms with Crippen molar-refractivity contribution in [3.05, 3.63) is 29.4 Å². The molecule has 0 aliphatic heterocycles. The van der Waals surface area contributed by atoms with Crippen LogP contribution in [0.2, 0.25) is 0 Å². The fourth-order valence-corrected chi connectivity index (χ4v) is 1.89. The highest BCUT2D eigenvalue weighted by Crippen LogP contribution is 2.33. The lowest BCUT2D eigenvalue weighted by Gasteiger charge is -2.06. The van der Waals surface area contributed by atoms with E-state index < -0.39 is 5.82 Å². The minimum atomic E-state index is -0.401. The van der Waals surface area contributed by atoms with Crippen molar-refractivity contribution in [3.8, 4) is 17.0 Å². The molecule has 0 spiro atoms. The number of methoxy groups -OCH3 is 1. The highest BCUT2D eigenvalue weighted by Gasteiger charge is 2.12. The molecule has 0 amide bonds. The van der Waals surface area contributed by atoms with Crippen LogP contribution in [0.25, 0.3) is 11.3 Å². The molecule has 0 bridgehead atoms. The molecular formula is C10H9FN2OS. The second-order valence-electron chi connectivity index (χ2n) is 2.89. The molecule has 78 valence electrons. The molecule has 15 heavy (non-hydrogen) atoms. The summed E-state index contributed by atoms with van der Waals surface area (Å²) in [4.78, 5) is 4.08. The van der Waals surface area contributed by atoms with E-state index in [-0.39, 0.29) is 5.75 Å².